The van der Waals surface area contributed by atoms with Crippen LogP contribution in [-0.2, 0) is 66.9 Å². The van der Waals surface area contributed by atoms with Gasteiger partial charge in [0.05, 0.1) is 52.7 Å². The predicted molar refractivity (Wildman–Crippen MR) is 191 cm³/mol. The lowest BCUT2D eigenvalue weighted by molar-refractivity contribution is -0.139. The second-order valence-corrected chi connectivity index (χ2v) is 12.4. The lowest BCUT2D eigenvalue weighted by atomic mass is 9.95. The van der Waals surface area contributed by atoms with Crippen LogP contribution in [0.2, 0.25) is 0 Å². The van der Waals surface area contributed by atoms with E-state index < -0.39 is 47.8 Å². The van der Waals surface area contributed by atoms with Crippen molar-refractivity contribution in [3.63, 3.8) is 0 Å². The van der Waals surface area contributed by atoms with Crippen molar-refractivity contribution in [2.75, 3.05) is 79.5 Å². The van der Waals surface area contributed by atoms with E-state index >= 15 is 0 Å². The summed E-state index contributed by atoms with van der Waals surface area (Å²) in [6, 6.07) is 0. The highest BCUT2D eigenvalue weighted by atomic mass is 16.5. The zero-order valence-electron chi connectivity index (χ0n) is 31.4. The number of ether oxygens (including phenoxy) is 4. The number of hydrogen-bond acceptors (Lipinski definition) is 14. The van der Waals surface area contributed by atoms with E-state index in [4.69, 9.17) is 24.1 Å². The van der Waals surface area contributed by atoms with Gasteiger partial charge in [-0.3, -0.25) is 52.8 Å². The number of ketones is 4. The minimum Gasteiger partial charge on any atom is -0.481 e. The summed E-state index contributed by atoms with van der Waals surface area (Å²) >= 11 is 0. The Kier molecular flexibility index (Phi) is 26.0. The minimum absolute atomic E-state index is 0.0318. The normalized spacial score (nSPS) is 12.7. The lowest BCUT2D eigenvalue weighted by Crippen LogP contribution is -2.36. The molecule has 0 unspecified atom stereocenters. The summed E-state index contributed by atoms with van der Waals surface area (Å²) in [4.78, 5) is 121. The third-order valence-electron chi connectivity index (χ3n) is 7.91. The first-order valence-corrected chi connectivity index (χ1v) is 18.2. The molecule has 0 radical (unpaired) electrons. The SMILES string of the molecule is COCCOCCNC(=O)CCC(=O)CNC(=O)CCC(=O)CNC(=O)[C@H](CCC(=O)O)CC(=O)CCOCCOCCCC(=O)CCN1C(=O)C=CC1=O. The number of amides is 5. The molecule has 0 aromatic carbocycles. The van der Waals surface area contributed by atoms with Gasteiger partial charge in [-0.2, -0.15) is 0 Å². The van der Waals surface area contributed by atoms with E-state index in [9.17, 15) is 47.9 Å². The van der Waals surface area contributed by atoms with Crippen LogP contribution >= 0.6 is 0 Å². The standard InChI is InChI=1S/C36H54N4O15/c1-52-19-20-55-18-14-37-31(45)7-5-29(43)24-38-32(46)8-6-30(44)25-39-36(51)26(4-11-35(49)50)23-28(42)13-17-54-22-21-53-16-2-3-27(41)12-15-40-33(47)9-10-34(40)48/h9-10,26H,2-8,11-25H2,1H3,(H,37,45)(H,38,46)(H,39,51)(H,49,50)/t26-/m1/s1. The van der Waals surface area contributed by atoms with Crippen molar-refractivity contribution in [2.24, 2.45) is 5.92 Å². The molecule has 0 saturated heterocycles. The van der Waals surface area contributed by atoms with Crippen LogP contribution in [0.4, 0.5) is 0 Å². The van der Waals surface area contributed by atoms with Crippen molar-refractivity contribution >= 4 is 58.6 Å². The van der Waals surface area contributed by atoms with Gasteiger partial charge in [0, 0.05) is 103 Å². The van der Waals surface area contributed by atoms with Crippen molar-refractivity contribution in [1.29, 1.82) is 0 Å². The molecule has 0 saturated carbocycles. The van der Waals surface area contributed by atoms with Crippen LogP contribution in [-0.4, -0.2) is 148 Å². The smallest absolute Gasteiger partial charge is 0.303 e. The van der Waals surface area contributed by atoms with Gasteiger partial charge >= 0.3 is 5.97 Å². The van der Waals surface area contributed by atoms with Crippen molar-refractivity contribution in [3.05, 3.63) is 12.2 Å². The van der Waals surface area contributed by atoms with Gasteiger partial charge in [0.2, 0.25) is 17.7 Å². The van der Waals surface area contributed by atoms with E-state index in [1.807, 2.05) is 0 Å². The van der Waals surface area contributed by atoms with Crippen LogP contribution in [0.5, 0.6) is 0 Å². The maximum absolute atomic E-state index is 12.7. The number of aliphatic carboxylic acids is 1. The molecule has 4 N–H and O–H groups in total. The fraction of sp³-hybridized carbons (Fsp3) is 0.667. The highest BCUT2D eigenvalue weighted by Gasteiger charge is 2.24. The third kappa shape index (κ3) is 25.1. The average molecular weight is 783 g/mol. The maximum Gasteiger partial charge on any atom is 0.303 e. The molecule has 0 fully saturated rings. The Labute approximate surface area is 319 Å². The number of imide groups is 1. The molecule has 0 aromatic rings. The Hall–Kier alpha value is -4.72. The monoisotopic (exact) mass is 782 g/mol. The predicted octanol–water partition coefficient (Wildman–Crippen LogP) is -0.775. The van der Waals surface area contributed by atoms with Gasteiger partial charge in [0.1, 0.15) is 11.6 Å². The van der Waals surface area contributed by atoms with Gasteiger partial charge in [0.25, 0.3) is 11.8 Å². The van der Waals surface area contributed by atoms with Gasteiger partial charge in [-0.25, -0.2) is 0 Å². The zero-order valence-corrected chi connectivity index (χ0v) is 31.4. The largest absolute Gasteiger partial charge is 0.481 e. The highest BCUT2D eigenvalue weighted by Crippen LogP contribution is 2.14. The second kappa shape index (κ2) is 29.6. The topological polar surface area (TPSA) is 267 Å². The molecule has 1 aliphatic heterocycles. The molecule has 19 nitrogen and oxygen atoms in total. The van der Waals surface area contributed by atoms with E-state index in [2.05, 4.69) is 16.0 Å². The summed E-state index contributed by atoms with van der Waals surface area (Å²) in [5, 5.41) is 16.5. The molecule has 0 aromatic heterocycles. The molecule has 0 bridgehead atoms. The van der Waals surface area contributed by atoms with E-state index in [0.29, 0.717) is 26.2 Å². The fourth-order valence-corrected chi connectivity index (χ4v) is 4.79. The first-order chi connectivity index (χ1) is 26.3. The molecule has 1 heterocycles. The molecule has 19 heteroatoms. The zero-order chi connectivity index (χ0) is 40.8. The van der Waals surface area contributed by atoms with Gasteiger partial charge in [-0.05, 0) is 12.8 Å². The molecular weight excluding hydrogens is 728 g/mol. The number of methoxy groups -OCH3 is 1. The number of Topliss-reactive ketones (excluding diaryl/α,β-unsaturated/α-hetero) is 4. The molecule has 308 valence electrons. The van der Waals surface area contributed by atoms with Crippen LogP contribution in [0.15, 0.2) is 12.2 Å². The Bertz CT molecular complexity index is 1330. The molecule has 1 atom stereocenters. The summed E-state index contributed by atoms with van der Waals surface area (Å²) in [6.45, 7) is 1.39. The first kappa shape index (κ1) is 48.3. The summed E-state index contributed by atoms with van der Waals surface area (Å²) in [6.07, 6.45) is 1.61. The number of carboxylic acid groups (broad SMARTS) is 1. The van der Waals surface area contributed by atoms with Gasteiger partial charge in [0.15, 0.2) is 11.6 Å². The highest BCUT2D eigenvalue weighted by molar-refractivity contribution is 6.13. The van der Waals surface area contributed by atoms with Gasteiger partial charge in [-0.15, -0.1) is 0 Å². The Morgan fingerprint density at radius 2 is 1.20 bits per heavy atom. The van der Waals surface area contributed by atoms with Crippen LogP contribution in [0.25, 0.3) is 0 Å². The molecule has 1 aliphatic rings. The summed E-state index contributed by atoms with van der Waals surface area (Å²) in [5.41, 5.74) is 0. The van der Waals surface area contributed by atoms with E-state index in [0.717, 1.165) is 17.1 Å². The number of nitrogens with one attached hydrogen (secondary N) is 3. The van der Waals surface area contributed by atoms with Crippen molar-refractivity contribution in [2.45, 2.75) is 70.6 Å². The van der Waals surface area contributed by atoms with Crippen molar-refractivity contribution in [3.8, 4) is 0 Å². The number of rotatable bonds is 35. The van der Waals surface area contributed by atoms with Crippen molar-refractivity contribution in [1.82, 2.24) is 20.9 Å². The summed E-state index contributed by atoms with van der Waals surface area (Å²) < 4.78 is 20.8. The third-order valence-corrected chi connectivity index (χ3v) is 7.91. The second-order valence-electron chi connectivity index (χ2n) is 12.4. The van der Waals surface area contributed by atoms with Crippen LogP contribution < -0.4 is 16.0 Å². The first-order valence-electron chi connectivity index (χ1n) is 18.2. The molecular formula is C36H54N4O15. The maximum atomic E-state index is 12.7. The van der Waals surface area contributed by atoms with E-state index in [1.54, 1.807) is 7.11 Å². The number of nitrogens with zero attached hydrogens (tertiary/aromatic N) is 1. The van der Waals surface area contributed by atoms with Crippen LogP contribution in [0, 0.1) is 5.92 Å². The van der Waals surface area contributed by atoms with Crippen molar-refractivity contribution < 1.29 is 72.0 Å². The molecule has 5 amide bonds. The summed E-state index contributed by atoms with van der Waals surface area (Å²) in [7, 11) is 1.54. The molecule has 0 aliphatic carbocycles. The average Bonchev–Trinajstić information content (AvgIpc) is 3.48. The Balaban J connectivity index is 2.21. The number of carboxylic acids is 1. The molecule has 0 spiro atoms. The van der Waals surface area contributed by atoms with Crippen LogP contribution in [0.3, 0.4) is 0 Å². The number of carbonyl (C=O) groups excluding carboxylic acids is 9. The van der Waals surface area contributed by atoms with E-state index in [1.165, 1.54) is 0 Å². The Morgan fingerprint density at radius 3 is 1.84 bits per heavy atom. The summed E-state index contributed by atoms with van der Waals surface area (Å²) in [5.74, 6) is -5.93. The van der Waals surface area contributed by atoms with Gasteiger partial charge in [-0.1, -0.05) is 0 Å². The molecule has 55 heavy (non-hydrogen) atoms. The molecule has 1 rings (SSSR count). The minimum atomic E-state index is -1.16. The lowest BCUT2D eigenvalue weighted by Gasteiger charge is -2.15. The Morgan fingerprint density at radius 1 is 0.618 bits per heavy atom. The van der Waals surface area contributed by atoms with Crippen LogP contribution in [0.1, 0.15) is 70.6 Å². The fourth-order valence-electron chi connectivity index (χ4n) is 4.79. The quantitative estimate of drug-likeness (QED) is 0.0454. The number of carbonyl (C=O) groups is 10. The van der Waals surface area contributed by atoms with Gasteiger partial charge < -0.3 is 40.0 Å². The number of hydrogen-bond donors (Lipinski definition) is 4. The van der Waals surface area contributed by atoms with E-state index in [-0.39, 0.29) is 134 Å².